The van der Waals surface area contributed by atoms with Crippen molar-refractivity contribution in [2.45, 2.75) is 83.1 Å². The van der Waals surface area contributed by atoms with Crippen molar-refractivity contribution in [3.8, 4) is 78.9 Å². The summed E-state index contributed by atoms with van der Waals surface area (Å²) in [5, 5.41) is 15.4. The summed E-state index contributed by atoms with van der Waals surface area (Å²) in [6.07, 6.45) is 31.8. The van der Waals surface area contributed by atoms with E-state index in [1.165, 1.54) is 209 Å². The van der Waals surface area contributed by atoms with E-state index in [1.54, 1.807) is 6.33 Å². The summed E-state index contributed by atoms with van der Waals surface area (Å²) in [5.74, 6) is 5.19. The standard InChI is InChI=1S/C25H21N4.3C21H19N4.C20H19N.C19H18N2/c1-16-9-8-11-19-18-10-4-6-13-21(18)28-15-23(27(3)25(28)24(16)19)29-17(2)26-20-12-5-7-14-22(20)29;1-14-7-6-9-17-16-8-4-5-10-18(16)25-13-19(23(3)21(25)20(14)17)24-12-11-22-15(24)2;1-14-15(19-12-22-13-24(19)3)8-9-17-16-6-4-5-7-18(16)25-11-10-23(2)21(25)20(14)17;1-14-15(20-22-10-11-23(20)2)8-9-17-16-6-4-5-7-18(16)25-13-12-24(3)21(25)19(14)17;1-14-7-4-5-8-17(14)18-9-6-10-19(16(18)3)20-13-21-12-11-15(20)2;1-13-7-4-5-8-16(13)17-9-6-10-18(15(17)3)19-14(2)11-20-12-21-19/h4-15H,1-3H3;3*4-13H,1-3H3;4-13H,1-3H3;4-12H,1-3H3/q4*+1;;. The molecule has 19 heteroatoms. The summed E-state index contributed by atoms with van der Waals surface area (Å²) < 4.78 is 26.7. The van der Waals surface area contributed by atoms with Gasteiger partial charge in [0.25, 0.3) is 22.9 Å². The molecule has 19 nitrogen and oxygen atoms in total. The Morgan fingerprint density at radius 1 is 0.274 bits per heavy atom. The number of fused-ring (bicyclic) bond motifs is 25. The van der Waals surface area contributed by atoms with E-state index in [0.29, 0.717) is 0 Å². The van der Waals surface area contributed by atoms with E-state index in [4.69, 9.17) is 4.98 Å². The topological polar surface area (TPSA) is 143 Å². The Labute approximate surface area is 847 Å². The average molecular weight is 1910 g/mol. The van der Waals surface area contributed by atoms with Crippen LogP contribution < -0.4 is 18.3 Å². The van der Waals surface area contributed by atoms with Crippen LogP contribution >= 0.6 is 0 Å². The molecule has 27 aromatic rings. The second-order valence-electron chi connectivity index (χ2n) is 38.5. The quantitative estimate of drug-likeness (QED) is 0.109. The number of hydrogen-bond donors (Lipinski definition) is 0. The number of imidazole rings is 8. The molecule has 27 rings (SSSR count). The minimum atomic E-state index is 0.983. The summed E-state index contributed by atoms with van der Waals surface area (Å²) in [5.41, 5.74) is 37.9. The summed E-state index contributed by atoms with van der Waals surface area (Å²) in [6, 6.07) is 96.9. The molecule has 0 aliphatic heterocycles. The molecule has 14 heterocycles. The van der Waals surface area contributed by atoms with Crippen molar-refractivity contribution in [2.75, 3.05) is 0 Å². The molecule has 0 saturated carbocycles. The molecule has 0 amide bonds. The van der Waals surface area contributed by atoms with Crippen molar-refractivity contribution in [3.05, 3.63) is 440 Å². The van der Waals surface area contributed by atoms with Gasteiger partial charge in [-0.3, -0.25) is 4.98 Å². The van der Waals surface area contributed by atoms with Crippen molar-refractivity contribution in [1.29, 1.82) is 0 Å². The van der Waals surface area contributed by atoms with E-state index < -0.39 is 0 Å². The lowest BCUT2D eigenvalue weighted by Crippen LogP contribution is -2.32. The molecule has 0 spiro atoms. The highest BCUT2D eigenvalue weighted by Gasteiger charge is 2.30. The predicted octanol–water partition coefficient (Wildman–Crippen LogP) is 26.5. The van der Waals surface area contributed by atoms with Gasteiger partial charge >= 0.3 is 0 Å². The minimum Gasteiger partial charge on any atom is -0.334 e. The van der Waals surface area contributed by atoms with Gasteiger partial charge in [-0.1, -0.05) is 231 Å². The first-order valence-electron chi connectivity index (χ1n) is 49.6. The fourth-order valence-corrected chi connectivity index (χ4v) is 22.2. The monoisotopic (exact) mass is 1910 g/mol. The Hall–Kier alpha value is -18.0. The van der Waals surface area contributed by atoms with Crippen LogP contribution in [0.1, 0.15) is 67.3 Å². The SMILES string of the molecule is Cc1c(-c2cncn2C)ccc2c3ccccc3n3cc[n+](C)c3c12.Cc1c(-c2nccn2C)ccc2c3ccccc3n3cc[n+](C)c3c12.Cc1cccc2c3ccccc3n3cc(-n4c(C)nc5ccccc54)[n+](C)c3c12.Cc1cccc2c3ccccc3n3cc(-n4ccnc4C)[n+](C)c3c12.Cc1ccccc1-c1cccc(-c2cnccc2C)c1C.Cc1ccccc1-c1cccc(-c2ncncc2C)c1C. The molecule has 0 saturated heterocycles. The number of rotatable bonds is 8. The van der Waals surface area contributed by atoms with Crippen LogP contribution in [0.25, 0.3) is 199 Å². The number of para-hydroxylation sites is 6. The van der Waals surface area contributed by atoms with Gasteiger partial charge in [-0.05, 0) is 206 Å². The fraction of sp³-hybridized carbons (Fsp3) is 0.142. The zero-order valence-electron chi connectivity index (χ0n) is 85.7. The summed E-state index contributed by atoms with van der Waals surface area (Å²) in [7, 11) is 12.6. The van der Waals surface area contributed by atoms with E-state index in [2.05, 4.69) is 492 Å². The maximum absolute atomic E-state index is 4.78. The van der Waals surface area contributed by atoms with Gasteiger partial charge in [0.15, 0.2) is 11.6 Å². The molecule has 0 fully saturated rings. The largest absolute Gasteiger partial charge is 0.334 e. The molecule has 0 aliphatic rings. The van der Waals surface area contributed by atoms with Gasteiger partial charge in [-0.2, -0.15) is 8.80 Å². The van der Waals surface area contributed by atoms with E-state index in [0.717, 1.165) is 57.1 Å². The van der Waals surface area contributed by atoms with Crippen molar-refractivity contribution in [1.82, 2.24) is 70.8 Å². The highest BCUT2D eigenvalue weighted by molar-refractivity contribution is 6.17. The van der Waals surface area contributed by atoms with Crippen molar-refractivity contribution < 1.29 is 18.3 Å². The lowest BCUT2D eigenvalue weighted by atomic mass is 9.90. The van der Waals surface area contributed by atoms with Gasteiger partial charge < -0.3 is 9.13 Å². The zero-order chi connectivity index (χ0) is 101. The molecular weight excluding hydrogens is 1790 g/mol. The highest BCUT2D eigenvalue weighted by atomic mass is 15.3. The molecule has 0 aliphatic carbocycles. The van der Waals surface area contributed by atoms with Crippen molar-refractivity contribution in [2.24, 2.45) is 42.3 Å². The zero-order valence-corrected chi connectivity index (χ0v) is 85.7. The number of benzene rings is 13. The summed E-state index contributed by atoms with van der Waals surface area (Å²) in [4.78, 5) is 30.8. The molecule has 0 bridgehead atoms. The average Bonchev–Trinajstić information content (AvgIpc) is 1.58. The second kappa shape index (κ2) is 38.1. The van der Waals surface area contributed by atoms with Crippen LogP contribution in [0.4, 0.5) is 0 Å². The maximum atomic E-state index is 4.78. The Morgan fingerprint density at radius 3 is 1.23 bits per heavy atom. The predicted molar refractivity (Wildman–Crippen MR) is 595 cm³/mol. The highest BCUT2D eigenvalue weighted by Crippen LogP contribution is 2.42. The maximum Gasteiger partial charge on any atom is 0.294 e. The molecule has 0 radical (unpaired) electrons. The fourth-order valence-electron chi connectivity index (χ4n) is 22.2. The first-order valence-corrected chi connectivity index (χ1v) is 49.6. The van der Waals surface area contributed by atoms with E-state index in [1.807, 2.05) is 83.0 Å². The van der Waals surface area contributed by atoms with Crippen LogP contribution in [0.15, 0.2) is 372 Å². The molecular formula is C127H115N19+4. The molecule has 714 valence electrons. The Morgan fingerprint density at radius 2 is 0.712 bits per heavy atom. The molecule has 146 heavy (non-hydrogen) atoms. The van der Waals surface area contributed by atoms with E-state index in [9.17, 15) is 0 Å². The van der Waals surface area contributed by atoms with Crippen molar-refractivity contribution in [3.63, 3.8) is 0 Å². The normalized spacial score (nSPS) is 11.5. The van der Waals surface area contributed by atoms with Crippen molar-refractivity contribution >= 4 is 120 Å². The van der Waals surface area contributed by atoms with E-state index in [-0.39, 0.29) is 0 Å². The Kier molecular flexibility index (Phi) is 24.3. The van der Waals surface area contributed by atoms with Gasteiger partial charge in [-0.25, -0.2) is 66.1 Å². The third kappa shape index (κ3) is 16.0. The van der Waals surface area contributed by atoms with Crippen LogP contribution in [0.5, 0.6) is 0 Å². The van der Waals surface area contributed by atoms with Gasteiger partial charge in [0, 0.05) is 113 Å². The third-order valence-corrected chi connectivity index (χ3v) is 29.7. The second-order valence-corrected chi connectivity index (χ2v) is 38.5. The summed E-state index contributed by atoms with van der Waals surface area (Å²) >= 11 is 0. The molecule has 0 atom stereocenters. The molecule has 14 aromatic heterocycles. The molecule has 13 aromatic carbocycles. The van der Waals surface area contributed by atoms with Crippen LogP contribution in [0.2, 0.25) is 0 Å². The number of hydrogen-bond acceptors (Lipinski definition) is 7. The van der Waals surface area contributed by atoms with Gasteiger partial charge in [0.2, 0.25) is 11.3 Å². The minimum absolute atomic E-state index is 0.983. The third-order valence-electron chi connectivity index (χ3n) is 29.7. The lowest BCUT2D eigenvalue weighted by molar-refractivity contribution is -0.643. The number of aromatic nitrogens is 19. The smallest absolute Gasteiger partial charge is 0.294 e. The van der Waals surface area contributed by atoms with Crippen LogP contribution in [-0.2, 0) is 42.3 Å². The van der Waals surface area contributed by atoms with Gasteiger partial charge in [-0.15, -0.1) is 0 Å². The first kappa shape index (κ1) is 93.0. The van der Waals surface area contributed by atoms with Crippen LogP contribution in [-0.4, -0.2) is 70.8 Å². The Balaban J connectivity index is 0.000000100. The van der Waals surface area contributed by atoms with Gasteiger partial charge in [0.05, 0.1) is 86.0 Å². The number of aryl methyl sites for hydroxylation is 16. The Bertz CT molecular complexity index is 9370. The lowest BCUT2D eigenvalue weighted by Gasteiger charge is -2.14. The van der Waals surface area contributed by atoms with Crippen LogP contribution in [0, 0.1) is 83.1 Å². The number of pyridine rings is 5. The molecule has 0 unspecified atom stereocenters. The van der Waals surface area contributed by atoms with Crippen LogP contribution in [0.3, 0.4) is 0 Å². The first-order chi connectivity index (χ1) is 71.0. The molecule has 0 N–H and O–H groups in total. The van der Waals surface area contributed by atoms with E-state index >= 15 is 0 Å². The van der Waals surface area contributed by atoms with Gasteiger partial charge in [0.1, 0.15) is 82.4 Å². The number of nitrogens with zero attached hydrogens (tertiary/aromatic N) is 19. The summed E-state index contributed by atoms with van der Waals surface area (Å²) in [6.45, 7) is 25.8.